The molecule has 0 aromatic rings. The molecule has 0 aromatic heterocycles. The minimum atomic E-state index is 0.282. The Balaban J connectivity index is 1.25. The topological polar surface area (TPSA) is 24.5 Å². The van der Waals surface area contributed by atoms with Gasteiger partial charge in [0.2, 0.25) is 0 Å². The first kappa shape index (κ1) is 14.5. The zero-order valence-corrected chi connectivity index (χ0v) is 13.5. The van der Waals surface area contributed by atoms with Gasteiger partial charge >= 0.3 is 0 Å². The van der Waals surface area contributed by atoms with E-state index in [4.69, 9.17) is 4.74 Å². The molecule has 0 bridgehead atoms. The molecule has 1 spiro atoms. The van der Waals surface area contributed by atoms with Crippen LogP contribution in [-0.4, -0.2) is 48.8 Å². The van der Waals surface area contributed by atoms with Gasteiger partial charge in [0.1, 0.15) is 0 Å². The molecular formula is C18H32N2O. The second kappa shape index (κ2) is 6.17. The number of hydrogen-bond donors (Lipinski definition) is 1. The Kier molecular flexibility index (Phi) is 4.25. The van der Waals surface area contributed by atoms with Crippen molar-refractivity contribution >= 4 is 0 Å². The summed E-state index contributed by atoms with van der Waals surface area (Å²) in [6.07, 6.45) is 13.7. The number of likely N-dealkylation sites (tertiary alicyclic amines) is 1. The van der Waals surface area contributed by atoms with Gasteiger partial charge in [0.05, 0.1) is 5.60 Å². The molecule has 2 aliphatic carbocycles. The summed E-state index contributed by atoms with van der Waals surface area (Å²) in [5.74, 6) is 1.01. The van der Waals surface area contributed by atoms with Crippen molar-refractivity contribution in [3.05, 3.63) is 0 Å². The van der Waals surface area contributed by atoms with Gasteiger partial charge in [-0.2, -0.15) is 0 Å². The standard InChI is InChI=1S/C18H32N2O/c1-2-9-18(8-1)13-17(7-12-21-18)20-10-5-16(6-11-20)19-14-15-3-4-15/h15-17,19H,1-14H2. The zero-order valence-electron chi connectivity index (χ0n) is 13.5. The third kappa shape index (κ3) is 3.46. The normalized spacial score (nSPS) is 34.6. The van der Waals surface area contributed by atoms with Crippen LogP contribution in [0.15, 0.2) is 0 Å². The van der Waals surface area contributed by atoms with Crippen molar-refractivity contribution in [2.75, 3.05) is 26.2 Å². The fourth-order valence-corrected chi connectivity index (χ4v) is 4.81. The maximum atomic E-state index is 6.20. The lowest BCUT2D eigenvalue weighted by Gasteiger charge is -2.45. The molecular weight excluding hydrogens is 260 g/mol. The van der Waals surface area contributed by atoms with Crippen molar-refractivity contribution < 1.29 is 4.74 Å². The first-order valence-electron chi connectivity index (χ1n) is 9.44. The van der Waals surface area contributed by atoms with Gasteiger partial charge in [-0.15, -0.1) is 0 Å². The summed E-state index contributed by atoms with van der Waals surface area (Å²) in [5.41, 5.74) is 0.282. The third-order valence-electron chi connectivity index (χ3n) is 6.42. The maximum absolute atomic E-state index is 6.20. The fourth-order valence-electron chi connectivity index (χ4n) is 4.81. The number of hydrogen-bond acceptors (Lipinski definition) is 3. The molecule has 0 aromatic carbocycles. The first-order valence-corrected chi connectivity index (χ1v) is 9.44. The van der Waals surface area contributed by atoms with E-state index < -0.39 is 0 Å². The Morgan fingerprint density at radius 1 is 1.00 bits per heavy atom. The molecule has 2 aliphatic heterocycles. The van der Waals surface area contributed by atoms with Gasteiger partial charge in [-0.25, -0.2) is 0 Å². The summed E-state index contributed by atoms with van der Waals surface area (Å²) >= 11 is 0. The van der Waals surface area contributed by atoms with Crippen molar-refractivity contribution in [1.29, 1.82) is 0 Å². The average Bonchev–Trinajstić information content (AvgIpc) is 3.26. The molecule has 1 unspecified atom stereocenters. The second-order valence-electron chi connectivity index (χ2n) is 8.05. The Morgan fingerprint density at radius 3 is 2.48 bits per heavy atom. The van der Waals surface area contributed by atoms with Gasteiger partial charge in [0.25, 0.3) is 0 Å². The molecule has 2 saturated heterocycles. The van der Waals surface area contributed by atoms with Crippen molar-refractivity contribution in [3.8, 4) is 0 Å². The van der Waals surface area contributed by atoms with E-state index in [2.05, 4.69) is 10.2 Å². The largest absolute Gasteiger partial charge is 0.375 e. The van der Waals surface area contributed by atoms with Crippen LogP contribution in [0.3, 0.4) is 0 Å². The molecule has 3 nitrogen and oxygen atoms in total. The zero-order chi connectivity index (χ0) is 14.1. The van der Waals surface area contributed by atoms with Gasteiger partial charge in [-0.05, 0) is 76.9 Å². The van der Waals surface area contributed by atoms with Crippen LogP contribution in [0.2, 0.25) is 0 Å². The number of ether oxygens (including phenoxy) is 1. The minimum absolute atomic E-state index is 0.282. The van der Waals surface area contributed by atoms with Crippen molar-refractivity contribution in [3.63, 3.8) is 0 Å². The highest BCUT2D eigenvalue weighted by atomic mass is 16.5. The van der Waals surface area contributed by atoms with Crippen LogP contribution in [0.5, 0.6) is 0 Å². The van der Waals surface area contributed by atoms with E-state index in [0.29, 0.717) is 0 Å². The summed E-state index contributed by atoms with van der Waals surface area (Å²) in [6.45, 7) is 4.90. The highest BCUT2D eigenvalue weighted by molar-refractivity contribution is 4.95. The van der Waals surface area contributed by atoms with Gasteiger partial charge in [0, 0.05) is 18.7 Å². The number of rotatable bonds is 4. The smallest absolute Gasteiger partial charge is 0.0697 e. The molecule has 120 valence electrons. The summed E-state index contributed by atoms with van der Waals surface area (Å²) in [7, 11) is 0. The lowest BCUT2D eigenvalue weighted by molar-refractivity contribution is -0.104. The van der Waals surface area contributed by atoms with E-state index in [-0.39, 0.29) is 5.60 Å². The number of nitrogens with zero attached hydrogens (tertiary/aromatic N) is 1. The van der Waals surface area contributed by atoms with E-state index in [1.807, 2.05) is 0 Å². The quantitative estimate of drug-likeness (QED) is 0.862. The van der Waals surface area contributed by atoms with E-state index >= 15 is 0 Å². The maximum Gasteiger partial charge on any atom is 0.0697 e. The van der Waals surface area contributed by atoms with Crippen LogP contribution >= 0.6 is 0 Å². The highest BCUT2D eigenvalue weighted by Crippen LogP contribution is 2.41. The summed E-state index contributed by atoms with van der Waals surface area (Å²) < 4.78 is 6.20. The van der Waals surface area contributed by atoms with Crippen LogP contribution in [0.1, 0.15) is 64.2 Å². The molecule has 3 heteroatoms. The first-order chi connectivity index (χ1) is 10.3. The molecule has 2 saturated carbocycles. The van der Waals surface area contributed by atoms with Gasteiger partial charge in [-0.3, -0.25) is 0 Å². The minimum Gasteiger partial charge on any atom is -0.375 e. The summed E-state index contributed by atoms with van der Waals surface area (Å²) in [4.78, 5) is 2.79. The predicted octanol–water partition coefficient (Wildman–Crippen LogP) is 2.94. The van der Waals surface area contributed by atoms with E-state index in [9.17, 15) is 0 Å². The molecule has 4 rings (SSSR count). The summed E-state index contributed by atoms with van der Waals surface area (Å²) in [6, 6.07) is 1.60. The van der Waals surface area contributed by atoms with Crippen LogP contribution in [0.25, 0.3) is 0 Å². The Labute approximate surface area is 129 Å². The van der Waals surface area contributed by atoms with Crippen molar-refractivity contribution in [2.45, 2.75) is 81.9 Å². The van der Waals surface area contributed by atoms with Gasteiger partial charge < -0.3 is 15.0 Å². The lowest BCUT2D eigenvalue weighted by atomic mass is 9.87. The van der Waals surface area contributed by atoms with Gasteiger partial charge in [-0.1, -0.05) is 12.8 Å². The van der Waals surface area contributed by atoms with Crippen LogP contribution in [-0.2, 0) is 4.74 Å². The Hall–Kier alpha value is -0.120. The average molecular weight is 292 g/mol. The molecule has 0 amide bonds. The SMILES string of the molecule is C1CCC2(C1)CC(N1CCC(NCC3CC3)CC1)CCO2. The lowest BCUT2D eigenvalue weighted by Crippen LogP contribution is -2.52. The summed E-state index contributed by atoms with van der Waals surface area (Å²) in [5, 5.41) is 3.80. The fraction of sp³-hybridized carbons (Fsp3) is 1.00. The molecule has 0 radical (unpaired) electrons. The molecule has 2 heterocycles. The van der Waals surface area contributed by atoms with Crippen molar-refractivity contribution in [1.82, 2.24) is 10.2 Å². The van der Waals surface area contributed by atoms with Crippen LogP contribution in [0, 0.1) is 5.92 Å². The molecule has 1 N–H and O–H groups in total. The van der Waals surface area contributed by atoms with E-state index in [0.717, 1.165) is 24.6 Å². The van der Waals surface area contributed by atoms with Crippen LogP contribution < -0.4 is 5.32 Å². The number of nitrogens with one attached hydrogen (secondary N) is 1. The monoisotopic (exact) mass is 292 g/mol. The van der Waals surface area contributed by atoms with Crippen LogP contribution in [0.4, 0.5) is 0 Å². The molecule has 1 atom stereocenters. The molecule has 4 fully saturated rings. The molecule has 4 aliphatic rings. The van der Waals surface area contributed by atoms with E-state index in [1.54, 1.807) is 0 Å². The van der Waals surface area contributed by atoms with Crippen molar-refractivity contribution in [2.24, 2.45) is 5.92 Å². The Bertz CT molecular complexity index is 341. The second-order valence-corrected chi connectivity index (χ2v) is 8.05. The van der Waals surface area contributed by atoms with E-state index in [1.165, 1.54) is 83.8 Å². The third-order valence-corrected chi connectivity index (χ3v) is 6.42. The van der Waals surface area contributed by atoms with Gasteiger partial charge in [0.15, 0.2) is 0 Å². The molecule has 21 heavy (non-hydrogen) atoms. The number of piperidine rings is 1. The Morgan fingerprint density at radius 2 is 1.76 bits per heavy atom. The predicted molar refractivity (Wildman–Crippen MR) is 85.5 cm³/mol. The highest BCUT2D eigenvalue weighted by Gasteiger charge is 2.41.